The second-order valence-corrected chi connectivity index (χ2v) is 5.69. The maximum atomic E-state index is 11.6. The summed E-state index contributed by atoms with van der Waals surface area (Å²) in [4.78, 5) is 22.6. The third kappa shape index (κ3) is 8.46. The number of amides is 1. The SMILES string of the molecule is NCCNC(=O)C(C=O)CCCCCCOC1CCCCO1. The Morgan fingerprint density at radius 1 is 1.32 bits per heavy atom. The van der Waals surface area contributed by atoms with Crippen LogP contribution in [0.3, 0.4) is 0 Å². The molecule has 1 heterocycles. The van der Waals surface area contributed by atoms with E-state index in [1.165, 1.54) is 6.42 Å². The van der Waals surface area contributed by atoms with E-state index in [0.717, 1.165) is 58.0 Å². The van der Waals surface area contributed by atoms with E-state index in [0.29, 0.717) is 19.5 Å². The van der Waals surface area contributed by atoms with Gasteiger partial charge in [-0.25, -0.2) is 0 Å². The molecule has 1 amide bonds. The molecule has 22 heavy (non-hydrogen) atoms. The fourth-order valence-electron chi connectivity index (χ4n) is 2.46. The number of rotatable bonds is 12. The van der Waals surface area contributed by atoms with Crippen molar-refractivity contribution in [3.8, 4) is 0 Å². The molecule has 2 atom stereocenters. The summed E-state index contributed by atoms with van der Waals surface area (Å²) in [5.41, 5.74) is 5.32. The number of carbonyl (C=O) groups excluding carboxylic acids is 2. The summed E-state index contributed by atoms with van der Waals surface area (Å²) in [6.45, 7) is 2.34. The first kappa shape index (κ1) is 19.1. The van der Waals surface area contributed by atoms with Crippen molar-refractivity contribution in [2.75, 3.05) is 26.3 Å². The molecule has 0 aromatic rings. The molecular weight excluding hydrogens is 284 g/mol. The predicted octanol–water partition coefficient (Wildman–Crippen LogP) is 1.37. The fourth-order valence-corrected chi connectivity index (χ4v) is 2.46. The molecule has 0 spiro atoms. The minimum absolute atomic E-state index is 0.0144. The van der Waals surface area contributed by atoms with E-state index in [2.05, 4.69) is 5.32 Å². The molecule has 1 fully saturated rings. The van der Waals surface area contributed by atoms with Gasteiger partial charge in [0.25, 0.3) is 0 Å². The Kier molecular flexibility index (Phi) is 10.9. The monoisotopic (exact) mass is 314 g/mol. The van der Waals surface area contributed by atoms with Crippen LogP contribution in [0.25, 0.3) is 0 Å². The van der Waals surface area contributed by atoms with Gasteiger partial charge in [-0.2, -0.15) is 0 Å². The number of hydrogen-bond acceptors (Lipinski definition) is 5. The Bertz CT molecular complexity index is 307. The number of carbonyl (C=O) groups is 2. The standard InChI is InChI=1S/C16H30N2O4/c17-9-10-18-16(20)14(13-19)7-3-1-2-5-11-21-15-8-4-6-12-22-15/h13-15H,1-12,17H2,(H,18,20). The molecule has 128 valence electrons. The van der Waals surface area contributed by atoms with E-state index >= 15 is 0 Å². The van der Waals surface area contributed by atoms with Crippen LogP contribution >= 0.6 is 0 Å². The normalized spacial score (nSPS) is 19.6. The largest absolute Gasteiger partial charge is 0.354 e. The van der Waals surface area contributed by atoms with Crippen LogP contribution in [0.5, 0.6) is 0 Å². The highest BCUT2D eigenvalue weighted by Gasteiger charge is 2.16. The van der Waals surface area contributed by atoms with Gasteiger partial charge in [-0.3, -0.25) is 4.79 Å². The van der Waals surface area contributed by atoms with E-state index in [9.17, 15) is 9.59 Å². The van der Waals surface area contributed by atoms with Crippen LogP contribution in [-0.2, 0) is 19.1 Å². The van der Waals surface area contributed by atoms with Gasteiger partial charge in [0.15, 0.2) is 6.29 Å². The topological polar surface area (TPSA) is 90.7 Å². The van der Waals surface area contributed by atoms with Gasteiger partial charge in [-0.1, -0.05) is 19.3 Å². The van der Waals surface area contributed by atoms with Crippen LogP contribution in [0, 0.1) is 5.92 Å². The lowest BCUT2D eigenvalue weighted by atomic mass is 10.0. The minimum atomic E-state index is -0.543. The Hall–Kier alpha value is -0.980. The zero-order chi connectivity index (χ0) is 16.0. The van der Waals surface area contributed by atoms with Crippen molar-refractivity contribution in [3.63, 3.8) is 0 Å². The third-order valence-electron chi connectivity index (χ3n) is 3.80. The number of aldehydes is 1. The molecule has 3 N–H and O–H groups in total. The summed E-state index contributed by atoms with van der Waals surface area (Å²) in [5.74, 6) is -0.753. The van der Waals surface area contributed by atoms with E-state index in [-0.39, 0.29) is 12.2 Å². The molecule has 0 radical (unpaired) electrons. The maximum Gasteiger partial charge on any atom is 0.230 e. The smallest absolute Gasteiger partial charge is 0.230 e. The van der Waals surface area contributed by atoms with Crippen molar-refractivity contribution in [2.45, 2.75) is 57.7 Å². The summed E-state index contributed by atoms with van der Waals surface area (Å²) in [6.07, 6.45) is 8.55. The van der Waals surface area contributed by atoms with Crippen LogP contribution in [0.1, 0.15) is 51.4 Å². The molecule has 6 heteroatoms. The van der Waals surface area contributed by atoms with E-state index in [4.69, 9.17) is 15.2 Å². The zero-order valence-electron chi connectivity index (χ0n) is 13.4. The molecule has 1 rings (SSSR count). The number of nitrogens with one attached hydrogen (secondary N) is 1. The number of hydrogen-bond donors (Lipinski definition) is 2. The number of ether oxygens (including phenoxy) is 2. The maximum absolute atomic E-state index is 11.6. The lowest BCUT2D eigenvalue weighted by molar-refractivity contribution is -0.162. The Morgan fingerprint density at radius 2 is 2.14 bits per heavy atom. The zero-order valence-corrected chi connectivity index (χ0v) is 13.4. The fraction of sp³-hybridized carbons (Fsp3) is 0.875. The van der Waals surface area contributed by atoms with Crippen LogP contribution in [-0.4, -0.2) is 44.8 Å². The van der Waals surface area contributed by atoms with Crippen molar-refractivity contribution >= 4 is 12.2 Å². The summed E-state index contributed by atoms with van der Waals surface area (Å²) < 4.78 is 11.2. The molecule has 0 aromatic carbocycles. The quantitative estimate of drug-likeness (QED) is 0.322. The molecule has 0 saturated carbocycles. The Balaban J connectivity index is 1.96. The molecule has 1 aliphatic heterocycles. The summed E-state index contributed by atoms with van der Waals surface area (Å²) in [7, 11) is 0. The van der Waals surface area contributed by atoms with E-state index < -0.39 is 5.92 Å². The second kappa shape index (κ2) is 12.6. The molecule has 6 nitrogen and oxygen atoms in total. The van der Waals surface area contributed by atoms with Gasteiger partial charge in [-0.15, -0.1) is 0 Å². The average Bonchev–Trinajstić information content (AvgIpc) is 2.56. The molecule has 1 aliphatic rings. The van der Waals surface area contributed by atoms with Crippen LogP contribution in [0.4, 0.5) is 0 Å². The van der Waals surface area contributed by atoms with Gasteiger partial charge in [0.05, 0.1) is 5.92 Å². The highest BCUT2D eigenvalue weighted by atomic mass is 16.7. The summed E-state index contributed by atoms with van der Waals surface area (Å²) in [5, 5.41) is 2.65. The molecule has 0 aromatic heterocycles. The van der Waals surface area contributed by atoms with E-state index in [1.807, 2.05) is 0 Å². The first-order valence-electron chi connectivity index (χ1n) is 8.44. The molecule has 1 saturated heterocycles. The van der Waals surface area contributed by atoms with Gasteiger partial charge in [-0.05, 0) is 32.1 Å². The lowest BCUT2D eigenvalue weighted by Crippen LogP contribution is -2.35. The summed E-state index contributed by atoms with van der Waals surface area (Å²) >= 11 is 0. The first-order chi connectivity index (χ1) is 10.8. The molecule has 0 aliphatic carbocycles. The molecular formula is C16H30N2O4. The van der Waals surface area contributed by atoms with Crippen molar-refractivity contribution in [1.29, 1.82) is 0 Å². The number of nitrogens with two attached hydrogens (primary N) is 1. The van der Waals surface area contributed by atoms with Gasteiger partial charge in [0, 0.05) is 26.3 Å². The number of unbranched alkanes of at least 4 members (excludes halogenated alkanes) is 3. The summed E-state index contributed by atoms with van der Waals surface area (Å²) in [6, 6.07) is 0. The van der Waals surface area contributed by atoms with E-state index in [1.54, 1.807) is 0 Å². The predicted molar refractivity (Wildman–Crippen MR) is 84.2 cm³/mol. The lowest BCUT2D eigenvalue weighted by Gasteiger charge is -2.22. The molecule has 2 unspecified atom stereocenters. The average molecular weight is 314 g/mol. The van der Waals surface area contributed by atoms with Crippen molar-refractivity contribution in [2.24, 2.45) is 11.7 Å². The minimum Gasteiger partial charge on any atom is -0.354 e. The first-order valence-corrected chi connectivity index (χ1v) is 8.44. The highest BCUT2D eigenvalue weighted by molar-refractivity contribution is 5.91. The Morgan fingerprint density at radius 3 is 2.82 bits per heavy atom. The van der Waals surface area contributed by atoms with Crippen LogP contribution in [0.2, 0.25) is 0 Å². The van der Waals surface area contributed by atoms with Crippen molar-refractivity contribution in [1.82, 2.24) is 5.32 Å². The van der Waals surface area contributed by atoms with Gasteiger partial charge in [0.1, 0.15) is 6.29 Å². The molecule has 0 bridgehead atoms. The van der Waals surface area contributed by atoms with Crippen LogP contribution < -0.4 is 11.1 Å². The van der Waals surface area contributed by atoms with Crippen molar-refractivity contribution in [3.05, 3.63) is 0 Å². The Labute approximate surface area is 133 Å². The van der Waals surface area contributed by atoms with Gasteiger partial charge < -0.3 is 25.3 Å². The van der Waals surface area contributed by atoms with Gasteiger partial charge in [0.2, 0.25) is 5.91 Å². The highest BCUT2D eigenvalue weighted by Crippen LogP contribution is 2.15. The second-order valence-electron chi connectivity index (χ2n) is 5.69. The van der Waals surface area contributed by atoms with Crippen LogP contribution in [0.15, 0.2) is 0 Å². The third-order valence-corrected chi connectivity index (χ3v) is 3.80. The van der Waals surface area contributed by atoms with Crippen molar-refractivity contribution < 1.29 is 19.1 Å². The van der Waals surface area contributed by atoms with Gasteiger partial charge >= 0.3 is 0 Å².